The molecule has 0 aromatic heterocycles. The zero-order valence-electron chi connectivity index (χ0n) is 12.5. The van der Waals surface area contributed by atoms with Crippen LogP contribution in [-0.2, 0) is 6.54 Å². The molecule has 0 heterocycles. The fraction of sp³-hybridized carbons (Fsp3) is 0.294. The van der Waals surface area contributed by atoms with Crippen LogP contribution in [0, 0.1) is 0 Å². The summed E-state index contributed by atoms with van der Waals surface area (Å²) < 4.78 is 10.7. The summed E-state index contributed by atoms with van der Waals surface area (Å²) in [5.74, 6) is 1.62. The van der Waals surface area contributed by atoms with Crippen LogP contribution < -0.4 is 14.8 Å². The smallest absolute Gasteiger partial charge is 0.127 e. The molecule has 0 aliphatic heterocycles. The quantitative estimate of drug-likeness (QED) is 0.867. The van der Waals surface area contributed by atoms with Crippen molar-refractivity contribution in [3.8, 4) is 11.5 Å². The van der Waals surface area contributed by atoms with Crippen molar-refractivity contribution in [2.24, 2.45) is 0 Å². The van der Waals surface area contributed by atoms with Gasteiger partial charge in [0.25, 0.3) is 0 Å². The second kappa shape index (κ2) is 7.34. The lowest BCUT2D eigenvalue weighted by Gasteiger charge is -2.18. The Morgan fingerprint density at radius 1 is 1.05 bits per heavy atom. The Morgan fingerprint density at radius 3 is 2.38 bits per heavy atom. The highest BCUT2D eigenvalue weighted by molar-refractivity contribution is 6.30. The topological polar surface area (TPSA) is 30.5 Å². The van der Waals surface area contributed by atoms with Gasteiger partial charge in [0, 0.05) is 29.2 Å². The minimum atomic E-state index is 0.168. The average Bonchev–Trinajstić information content (AvgIpc) is 2.53. The molecule has 0 saturated heterocycles. The predicted molar refractivity (Wildman–Crippen MR) is 86.3 cm³/mol. The van der Waals surface area contributed by atoms with Crippen LogP contribution in [0.4, 0.5) is 0 Å². The number of hydrogen-bond donors (Lipinski definition) is 1. The van der Waals surface area contributed by atoms with E-state index in [1.54, 1.807) is 14.2 Å². The summed E-state index contributed by atoms with van der Waals surface area (Å²) in [5.41, 5.74) is 2.30. The maximum Gasteiger partial charge on any atom is 0.127 e. The number of methoxy groups -OCH3 is 2. The van der Waals surface area contributed by atoms with Crippen molar-refractivity contribution in [3.63, 3.8) is 0 Å². The maximum atomic E-state index is 5.89. The minimum Gasteiger partial charge on any atom is -0.497 e. The second-order valence-electron chi connectivity index (χ2n) is 4.84. The van der Waals surface area contributed by atoms with Gasteiger partial charge in [0.1, 0.15) is 11.5 Å². The molecular formula is C17H20ClNO2. The van der Waals surface area contributed by atoms with Gasteiger partial charge in [0.2, 0.25) is 0 Å². The fourth-order valence-corrected chi connectivity index (χ4v) is 2.29. The zero-order valence-corrected chi connectivity index (χ0v) is 13.3. The molecule has 1 unspecified atom stereocenters. The van der Waals surface area contributed by atoms with E-state index in [2.05, 4.69) is 12.2 Å². The number of ether oxygens (including phenoxy) is 2. The lowest BCUT2D eigenvalue weighted by Crippen LogP contribution is -2.18. The normalized spacial score (nSPS) is 12.0. The molecule has 0 bridgehead atoms. The van der Waals surface area contributed by atoms with Gasteiger partial charge in [-0.05, 0) is 30.7 Å². The van der Waals surface area contributed by atoms with Crippen molar-refractivity contribution in [3.05, 3.63) is 58.6 Å². The number of nitrogens with one attached hydrogen (secondary N) is 1. The van der Waals surface area contributed by atoms with Gasteiger partial charge in [0.05, 0.1) is 14.2 Å². The van der Waals surface area contributed by atoms with Crippen LogP contribution in [0.15, 0.2) is 42.5 Å². The van der Waals surface area contributed by atoms with Crippen molar-refractivity contribution >= 4 is 11.6 Å². The van der Waals surface area contributed by atoms with Crippen molar-refractivity contribution < 1.29 is 9.47 Å². The van der Waals surface area contributed by atoms with E-state index in [0.29, 0.717) is 0 Å². The van der Waals surface area contributed by atoms with E-state index in [0.717, 1.165) is 28.6 Å². The third kappa shape index (κ3) is 4.13. The van der Waals surface area contributed by atoms with E-state index in [4.69, 9.17) is 21.1 Å². The first-order valence-electron chi connectivity index (χ1n) is 6.83. The van der Waals surface area contributed by atoms with Gasteiger partial charge in [-0.15, -0.1) is 0 Å². The first-order chi connectivity index (χ1) is 10.1. The molecule has 0 amide bonds. The van der Waals surface area contributed by atoms with Crippen LogP contribution in [0.5, 0.6) is 11.5 Å². The summed E-state index contributed by atoms with van der Waals surface area (Å²) in [4.78, 5) is 0. The third-order valence-electron chi connectivity index (χ3n) is 3.43. The molecular weight excluding hydrogens is 286 g/mol. The van der Waals surface area contributed by atoms with Crippen molar-refractivity contribution in [1.82, 2.24) is 5.32 Å². The van der Waals surface area contributed by atoms with Crippen LogP contribution in [0.1, 0.15) is 24.1 Å². The highest BCUT2D eigenvalue weighted by Crippen LogP contribution is 2.29. The van der Waals surface area contributed by atoms with Gasteiger partial charge in [-0.1, -0.05) is 29.8 Å². The third-order valence-corrected chi connectivity index (χ3v) is 3.68. The Labute approximate surface area is 130 Å². The summed E-state index contributed by atoms with van der Waals surface area (Å²) >= 11 is 5.89. The zero-order chi connectivity index (χ0) is 15.2. The van der Waals surface area contributed by atoms with Gasteiger partial charge in [0.15, 0.2) is 0 Å². The van der Waals surface area contributed by atoms with Gasteiger partial charge < -0.3 is 14.8 Å². The Balaban J connectivity index is 2.05. The van der Waals surface area contributed by atoms with Crippen molar-refractivity contribution in [1.29, 1.82) is 0 Å². The molecule has 0 spiro atoms. The molecule has 0 radical (unpaired) electrons. The molecule has 0 fully saturated rings. The summed E-state index contributed by atoms with van der Waals surface area (Å²) in [6, 6.07) is 13.9. The number of hydrogen-bond acceptors (Lipinski definition) is 3. The number of rotatable bonds is 6. The molecule has 2 rings (SSSR count). The van der Waals surface area contributed by atoms with Gasteiger partial charge in [-0.3, -0.25) is 0 Å². The van der Waals surface area contributed by atoms with E-state index in [9.17, 15) is 0 Å². The molecule has 0 saturated carbocycles. The molecule has 2 aromatic rings. The first-order valence-corrected chi connectivity index (χ1v) is 7.21. The number of benzene rings is 2. The number of halogens is 1. The van der Waals surface area contributed by atoms with E-state index in [1.165, 1.54) is 5.56 Å². The summed E-state index contributed by atoms with van der Waals surface area (Å²) in [6.45, 7) is 2.88. The Kier molecular flexibility index (Phi) is 5.48. The van der Waals surface area contributed by atoms with Crippen LogP contribution >= 0.6 is 11.6 Å². The van der Waals surface area contributed by atoms with Crippen LogP contribution in [0.25, 0.3) is 0 Å². The highest BCUT2D eigenvalue weighted by atomic mass is 35.5. The predicted octanol–water partition coefficient (Wildman–Crippen LogP) is 4.21. The van der Waals surface area contributed by atoms with Crippen LogP contribution in [0.2, 0.25) is 5.02 Å². The van der Waals surface area contributed by atoms with Gasteiger partial charge in [-0.25, -0.2) is 0 Å². The lowest BCUT2D eigenvalue weighted by molar-refractivity contribution is 0.386. The van der Waals surface area contributed by atoms with E-state index < -0.39 is 0 Å². The summed E-state index contributed by atoms with van der Waals surface area (Å²) in [6.07, 6.45) is 0. The van der Waals surface area contributed by atoms with Crippen LogP contribution in [0.3, 0.4) is 0 Å². The molecule has 3 nitrogen and oxygen atoms in total. The molecule has 0 aliphatic rings. The molecule has 1 N–H and O–H groups in total. The fourth-order valence-electron chi connectivity index (χ4n) is 2.16. The van der Waals surface area contributed by atoms with Crippen LogP contribution in [-0.4, -0.2) is 14.2 Å². The summed E-state index contributed by atoms with van der Waals surface area (Å²) in [5, 5.41) is 4.24. The first kappa shape index (κ1) is 15.7. The second-order valence-corrected chi connectivity index (χ2v) is 5.27. The monoisotopic (exact) mass is 305 g/mol. The van der Waals surface area contributed by atoms with Gasteiger partial charge >= 0.3 is 0 Å². The molecule has 1 atom stereocenters. The van der Waals surface area contributed by atoms with Gasteiger partial charge in [-0.2, -0.15) is 0 Å². The molecule has 112 valence electrons. The highest BCUT2D eigenvalue weighted by Gasteiger charge is 2.12. The Hall–Kier alpha value is -1.71. The summed E-state index contributed by atoms with van der Waals surface area (Å²) in [7, 11) is 3.32. The Bertz CT molecular complexity index is 584. The van der Waals surface area contributed by atoms with Crippen molar-refractivity contribution in [2.45, 2.75) is 19.5 Å². The van der Waals surface area contributed by atoms with Crippen molar-refractivity contribution in [2.75, 3.05) is 14.2 Å². The largest absolute Gasteiger partial charge is 0.497 e. The molecule has 21 heavy (non-hydrogen) atoms. The molecule has 4 heteroatoms. The van der Waals surface area contributed by atoms with E-state index in [-0.39, 0.29) is 6.04 Å². The maximum absolute atomic E-state index is 5.89. The minimum absolute atomic E-state index is 0.168. The standard InChI is InChI=1S/C17H20ClNO2/c1-12(19-11-13-4-6-14(18)7-5-13)16-9-8-15(20-2)10-17(16)21-3/h4-10,12,19H,11H2,1-3H3. The Morgan fingerprint density at radius 2 is 1.76 bits per heavy atom. The van der Waals surface area contributed by atoms with E-state index in [1.807, 2.05) is 42.5 Å². The SMILES string of the molecule is COc1ccc(C(C)NCc2ccc(Cl)cc2)c(OC)c1. The van der Waals surface area contributed by atoms with E-state index >= 15 is 0 Å². The average molecular weight is 306 g/mol. The molecule has 2 aromatic carbocycles. The lowest BCUT2D eigenvalue weighted by atomic mass is 10.1. The molecule has 0 aliphatic carbocycles.